The van der Waals surface area contributed by atoms with Crippen molar-refractivity contribution in [1.29, 1.82) is 0 Å². The molecule has 2 heteroatoms. The summed E-state index contributed by atoms with van der Waals surface area (Å²) in [6, 6.07) is 0. The molecule has 0 aromatic carbocycles. The fraction of sp³-hybridized carbons (Fsp3) is 0.714. The fourth-order valence-corrected chi connectivity index (χ4v) is 1.18. The maximum Gasteiger partial charge on any atom is 0.186 e. The van der Waals surface area contributed by atoms with Crippen molar-refractivity contribution in [3.8, 4) is 0 Å². The Morgan fingerprint density at radius 2 is 2.44 bits per heavy atom. The van der Waals surface area contributed by atoms with E-state index in [1.165, 1.54) is 13.0 Å². The molecule has 0 aromatic rings. The van der Waals surface area contributed by atoms with Crippen LogP contribution in [-0.4, -0.2) is 31.9 Å². The van der Waals surface area contributed by atoms with Crippen molar-refractivity contribution in [3.63, 3.8) is 0 Å². The smallest absolute Gasteiger partial charge is 0.186 e. The Bertz CT molecular complexity index is 122. The molecule has 1 unspecified atom stereocenters. The van der Waals surface area contributed by atoms with Gasteiger partial charge in [0.2, 0.25) is 0 Å². The monoisotopic (exact) mass is 128 g/mol. The minimum Gasteiger partial charge on any atom is -0.335 e. The summed E-state index contributed by atoms with van der Waals surface area (Å²) >= 11 is 0. The van der Waals surface area contributed by atoms with Gasteiger partial charge < -0.3 is 4.74 Å². The summed E-state index contributed by atoms with van der Waals surface area (Å²) < 4.78 is 5.99. The van der Waals surface area contributed by atoms with Gasteiger partial charge in [0.1, 0.15) is 0 Å². The van der Waals surface area contributed by atoms with Crippen LogP contribution < -0.4 is 0 Å². The van der Waals surface area contributed by atoms with Gasteiger partial charge in [-0.2, -0.15) is 0 Å². The standard InChI is InChI=1S/C7H14NO/c1-8(7-9-2)5-3-4-6-8/h3,5H,4,6-7H2,1-2H3/q+1. The Labute approximate surface area is 56.3 Å². The lowest BCUT2D eigenvalue weighted by Crippen LogP contribution is -2.37. The van der Waals surface area contributed by atoms with Crippen molar-refractivity contribution >= 4 is 0 Å². The van der Waals surface area contributed by atoms with Crippen LogP contribution in [0.3, 0.4) is 0 Å². The van der Waals surface area contributed by atoms with E-state index in [0.29, 0.717) is 0 Å². The molecule has 0 saturated heterocycles. The van der Waals surface area contributed by atoms with Gasteiger partial charge in [-0.1, -0.05) is 0 Å². The lowest BCUT2D eigenvalue weighted by molar-refractivity contribution is -0.874. The third-order valence-electron chi connectivity index (χ3n) is 1.70. The lowest BCUT2D eigenvalue weighted by Gasteiger charge is -2.24. The van der Waals surface area contributed by atoms with Gasteiger partial charge in [0.25, 0.3) is 0 Å². The van der Waals surface area contributed by atoms with E-state index in [0.717, 1.165) is 11.2 Å². The Balaban J connectivity index is 2.42. The first-order valence-corrected chi connectivity index (χ1v) is 3.28. The number of ether oxygens (including phenoxy) is 1. The molecule has 1 atom stereocenters. The molecule has 0 fully saturated rings. The molecule has 0 aliphatic carbocycles. The van der Waals surface area contributed by atoms with E-state index in [-0.39, 0.29) is 0 Å². The number of hydrogen-bond donors (Lipinski definition) is 0. The molecule has 1 aliphatic rings. The van der Waals surface area contributed by atoms with Crippen molar-refractivity contribution in [1.82, 2.24) is 0 Å². The van der Waals surface area contributed by atoms with Crippen LogP contribution >= 0.6 is 0 Å². The molecule has 0 bridgehead atoms. The zero-order valence-electron chi connectivity index (χ0n) is 6.13. The van der Waals surface area contributed by atoms with Gasteiger partial charge in [-0.05, 0) is 6.08 Å². The zero-order valence-corrected chi connectivity index (χ0v) is 6.13. The highest BCUT2D eigenvalue weighted by molar-refractivity contribution is 4.79. The minimum absolute atomic E-state index is 0.802. The molecule has 52 valence electrons. The molecule has 1 rings (SSSR count). The SMILES string of the molecule is COC[N+]1(C)C=CCC1. The number of methoxy groups -OCH3 is 1. The van der Waals surface area contributed by atoms with Gasteiger partial charge >= 0.3 is 0 Å². The second-order valence-corrected chi connectivity index (χ2v) is 2.79. The van der Waals surface area contributed by atoms with Crippen LogP contribution in [0.5, 0.6) is 0 Å². The molecule has 0 spiro atoms. The van der Waals surface area contributed by atoms with E-state index < -0.39 is 0 Å². The fourth-order valence-electron chi connectivity index (χ4n) is 1.18. The Kier molecular flexibility index (Phi) is 1.88. The normalized spacial score (nSPS) is 33.6. The molecular weight excluding hydrogens is 114 g/mol. The van der Waals surface area contributed by atoms with Crippen LogP contribution in [0.1, 0.15) is 6.42 Å². The molecule has 0 aromatic heterocycles. The van der Waals surface area contributed by atoms with E-state index >= 15 is 0 Å². The molecule has 1 heterocycles. The molecule has 2 nitrogen and oxygen atoms in total. The third-order valence-corrected chi connectivity index (χ3v) is 1.70. The second kappa shape index (κ2) is 2.50. The van der Waals surface area contributed by atoms with E-state index in [2.05, 4.69) is 19.3 Å². The molecule has 0 N–H and O–H groups in total. The van der Waals surface area contributed by atoms with E-state index in [9.17, 15) is 0 Å². The van der Waals surface area contributed by atoms with Gasteiger partial charge in [-0.15, -0.1) is 0 Å². The summed E-state index contributed by atoms with van der Waals surface area (Å²) in [7, 11) is 3.92. The predicted octanol–water partition coefficient (Wildman–Crippen LogP) is 0.954. The highest BCUT2D eigenvalue weighted by Crippen LogP contribution is 2.12. The maximum atomic E-state index is 5.05. The van der Waals surface area contributed by atoms with Crippen LogP contribution in [0.4, 0.5) is 0 Å². The van der Waals surface area contributed by atoms with Crippen molar-refractivity contribution in [3.05, 3.63) is 12.3 Å². The largest absolute Gasteiger partial charge is 0.335 e. The van der Waals surface area contributed by atoms with Crippen LogP contribution in [0.2, 0.25) is 0 Å². The number of nitrogens with zero attached hydrogens (tertiary/aromatic N) is 1. The van der Waals surface area contributed by atoms with E-state index in [1.807, 2.05) is 0 Å². The van der Waals surface area contributed by atoms with Crippen LogP contribution in [0, 0.1) is 0 Å². The summed E-state index contributed by atoms with van der Waals surface area (Å²) in [5.41, 5.74) is 0. The molecule has 9 heavy (non-hydrogen) atoms. The first-order valence-electron chi connectivity index (χ1n) is 3.28. The van der Waals surface area contributed by atoms with E-state index in [1.54, 1.807) is 7.11 Å². The topological polar surface area (TPSA) is 9.23 Å². The minimum atomic E-state index is 0.802. The van der Waals surface area contributed by atoms with Crippen LogP contribution in [0.25, 0.3) is 0 Å². The van der Waals surface area contributed by atoms with Gasteiger partial charge in [0, 0.05) is 13.5 Å². The molecule has 0 amide bonds. The second-order valence-electron chi connectivity index (χ2n) is 2.79. The summed E-state index contributed by atoms with van der Waals surface area (Å²) in [5, 5.41) is 0. The first-order chi connectivity index (χ1) is 4.27. The van der Waals surface area contributed by atoms with Gasteiger partial charge in [-0.25, -0.2) is 0 Å². The maximum absolute atomic E-state index is 5.05. The summed E-state index contributed by atoms with van der Waals surface area (Å²) in [4.78, 5) is 0. The van der Waals surface area contributed by atoms with E-state index in [4.69, 9.17) is 4.74 Å². The molecular formula is C7H14NO+. The van der Waals surface area contributed by atoms with Crippen molar-refractivity contribution in [2.75, 3.05) is 27.4 Å². The quantitative estimate of drug-likeness (QED) is 0.503. The van der Waals surface area contributed by atoms with Gasteiger partial charge in [0.15, 0.2) is 6.73 Å². The van der Waals surface area contributed by atoms with Crippen molar-refractivity contribution < 1.29 is 9.22 Å². The summed E-state index contributed by atoms with van der Waals surface area (Å²) in [5.74, 6) is 0. The van der Waals surface area contributed by atoms with Crippen molar-refractivity contribution in [2.45, 2.75) is 6.42 Å². The average Bonchev–Trinajstić information content (AvgIpc) is 2.16. The Hall–Kier alpha value is -0.340. The Morgan fingerprint density at radius 3 is 2.89 bits per heavy atom. The summed E-state index contributed by atoms with van der Waals surface area (Å²) in [6.07, 6.45) is 5.60. The van der Waals surface area contributed by atoms with Crippen molar-refractivity contribution in [2.24, 2.45) is 0 Å². The molecule has 0 radical (unpaired) electrons. The number of hydrogen-bond acceptors (Lipinski definition) is 1. The van der Waals surface area contributed by atoms with Gasteiger partial charge in [0.05, 0.1) is 19.8 Å². The zero-order chi connectivity index (χ0) is 6.74. The number of quaternary nitrogens is 1. The number of rotatable bonds is 2. The van der Waals surface area contributed by atoms with Crippen LogP contribution in [-0.2, 0) is 4.74 Å². The summed E-state index contributed by atoms with van der Waals surface area (Å²) in [6.45, 7) is 1.99. The Morgan fingerprint density at radius 1 is 1.67 bits per heavy atom. The highest BCUT2D eigenvalue weighted by Gasteiger charge is 2.20. The average molecular weight is 128 g/mol. The lowest BCUT2D eigenvalue weighted by atomic mass is 10.5. The van der Waals surface area contributed by atoms with Gasteiger partial charge in [-0.3, -0.25) is 4.48 Å². The predicted molar refractivity (Wildman–Crippen MR) is 36.7 cm³/mol. The highest BCUT2D eigenvalue weighted by atomic mass is 16.5. The van der Waals surface area contributed by atoms with Crippen LogP contribution in [0.15, 0.2) is 12.3 Å². The third kappa shape index (κ3) is 1.53. The molecule has 1 aliphatic heterocycles. The molecule has 0 saturated carbocycles. The first kappa shape index (κ1) is 6.78.